The maximum atomic E-state index is 11.4. The van der Waals surface area contributed by atoms with E-state index in [1.807, 2.05) is 0 Å². The quantitative estimate of drug-likeness (QED) is 0.609. The van der Waals surface area contributed by atoms with E-state index < -0.39 is 4.92 Å². The molecule has 1 aliphatic rings. The van der Waals surface area contributed by atoms with E-state index in [-0.39, 0.29) is 29.8 Å². The Bertz CT molecular complexity index is 469. The molecule has 1 amide bonds. The summed E-state index contributed by atoms with van der Waals surface area (Å²) in [5, 5.41) is 22.7. The van der Waals surface area contributed by atoms with Crippen LogP contribution in [0.15, 0.2) is 18.2 Å². The van der Waals surface area contributed by atoms with Gasteiger partial charge in [-0.2, -0.15) is 0 Å². The highest BCUT2D eigenvalue weighted by Gasteiger charge is 2.29. The highest BCUT2D eigenvalue weighted by molar-refractivity contribution is 5.80. The zero-order chi connectivity index (χ0) is 12.4. The molecule has 2 rings (SSSR count). The van der Waals surface area contributed by atoms with Crippen LogP contribution in [0.3, 0.4) is 0 Å². The molecule has 0 aromatic heterocycles. The molecule has 1 aromatic carbocycles. The molecule has 1 fully saturated rings. The molecule has 90 valence electrons. The van der Waals surface area contributed by atoms with E-state index in [9.17, 15) is 20.0 Å². The number of benzene rings is 1. The number of nitro benzene ring substituents is 1. The Kier molecular flexibility index (Phi) is 2.95. The van der Waals surface area contributed by atoms with Crippen LogP contribution in [0, 0.1) is 16.0 Å². The van der Waals surface area contributed by atoms with E-state index >= 15 is 0 Å². The van der Waals surface area contributed by atoms with Crippen molar-refractivity contribution in [3.63, 3.8) is 0 Å². The van der Waals surface area contributed by atoms with Crippen LogP contribution in [0.1, 0.15) is 18.4 Å². The van der Waals surface area contributed by atoms with Gasteiger partial charge in [0.2, 0.25) is 5.91 Å². The lowest BCUT2D eigenvalue weighted by atomic mass is 10.1. The first-order valence-electron chi connectivity index (χ1n) is 5.32. The molecule has 0 heterocycles. The minimum absolute atomic E-state index is 0.0494. The summed E-state index contributed by atoms with van der Waals surface area (Å²) >= 11 is 0. The molecule has 0 atom stereocenters. The topological polar surface area (TPSA) is 92.5 Å². The van der Waals surface area contributed by atoms with Gasteiger partial charge in [0.25, 0.3) is 5.69 Å². The normalized spacial score (nSPS) is 14.4. The van der Waals surface area contributed by atoms with E-state index in [0.29, 0.717) is 5.56 Å². The molecule has 1 saturated carbocycles. The fraction of sp³-hybridized carbons (Fsp3) is 0.364. The lowest BCUT2D eigenvalue weighted by Gasteiger charge is -2.06. The first-order valence-corrected chi connectivity index (χ1v) is 5.32. The van der Waals surface area contributed by atoms with Gasteiger partial charge >= 0.3 is 0 Å². The van der Waals surface area contributed by atoms with Gasteiger partial charge in [-0.15, -0.1) is 0 Å². The molecule has 0 radical (unpaired) electrons. The van der Waals surface area contributed by atoms with Crippen molar-refractivity contribution in [3.05, 3.63) is 33.9 Å². The number of carbonyl (C=O) groups is 1. The van der Waals surface area contributed by atoms with Gasteiger partial charge in [0.05, 0.1) is 4.92 Å². The Hall–Kier alpha value is -2.11. The Morgan fingerprint density at radius 1 is 1.53 bits per heavy atom. The lowest BCUT2D eigenvalue weighted by molar-refractivity contribution is -0.384. The summed E-state index contributed by atoms with van der Waals surface area (Å²) in [7, 11) is 0. The van der Waals surface area contributed by atoms with Crippen molar-refractivity contribution >= 4 is 11.6 Å². The van der Waals surface area contributed by atoms with E-state index in [0.717, 1.165) is 12.8 Å². The van der Waals surface area contributed by atoms with Crippen molar-refractivity contribution in [1.29, 1.82) is 0 Å². The van der Waals surface area contributed by atoms with Gasteiger partial charge in [-0.1, -0.05) is 0 Å². The molecule has 0 bridgehead atoms. The molecular formula is C11H12N2O4. The number of amides is 1. The van der Waals surface area contributed by atoms with Crippen molar-refractivity contribution in [3.8, 4) is 5.75 Å². The molecule has 0 spiro atoms. The summed E-state index contributed by atoms with van der Waals surface area (Å²) in [6.07, 6.45) is 1.79. The van der Waals surface area contributed by atoms with Gasteiger partial charge in [-0.25, -0.2) is 0 Å². The number of non-ortho nitro benzene ring substituents is 1. The number of rotatable bonds is 4. The highest BCUT2D eigenvalue weighted by atomic mass is 16.6. The second-order valence-corrected chi connectivity index (χ2v) is 4.06. The average Bonchev–Trinajstić information content (AvgIpc) is 3.11. The van der Waals surface area contributed by atoms with Crippen molar-refractivity contribution in [2.75, 3.05) is 0 Å². The van der Waals surface area contributed by atoms with Crippen LogP contribution >= 0.6 is 0 Å². The summed E-state index contributed by atoms with van der Waals surface area (Å²) in [5.41, 5.74) is 0.256. The molecule has 2 N–H and O–H groups in total. The summed E-state index contributed by atoms with van der Waals surface area (Å²) in [6, 6.07) is 3.75. The Morgan fingerprint density at radius 2 is 2.24 bits per heavy atom. The molecule has 0 unspecified atom stereocenters. The molecular weight excluding hydrogens is 224 g/mol. The lowest BCUT2D eigenvalue weighted by Crippen LogP contribution is -2.24. The third-order valence-corrected chi connectivity index (χ3v) is 2.68. The second kappa shape index (κ2) is 4.40. The van der Waals surface area contributed by atoms with E-state index in [2.05, 4.69) is 5.32 Å². The zero-order valence-corrected chi connectivity index (χ0v) is 9.05. The number of nitrogens with zero attached hydrogens (tertiary/aromatic N) is 1. The fourth-order valence-corrected chi connectivity index (χ4v) is 1.50. The molecule has 6 heteroatoms. The number of phenols is 1. The molecule has 0 saturated heterocycles. The minimum atomic E-state index is -0.536. The number of carbonyl (C=O) groups excluding carboxylic acids is 1. The molecule has 0 aliphatic heterocycles. The molecule has 6 nitrogen and oxygen atoms in total. The van der Waals surface area contributed by atoms with E-state index in [1.54, 1.807) is 0 Å². The van der Waals surface area contributed by atoms with E-state index in [4.69, 9.17) is 0 Å². The molecule has 1 aromatic rings. The largest absolute Gasteiger partial charge is 0.508 e. The van der Waals surface area contributed by atoms with Crippen LogP contribution in [0.2, 0.25) is 0 Å². The van der Waals surface area contributed by atoms with Gasteiger partial charge in [-0.05, 0) is 18.9 Å². The predicted molar refractivity (Wildman–Crippen MR) is 59.3 cm³/mol. The smallest absolute Gasteiger partial charge is 0.270 e. The number of hydrogen-bond donors (Lipinski definition) is 2. The third kappa shape index (κ3) is 2.72. The number of nitrogens with one attached hydrogen (secondary N) is 1. The fourth-order valence-electron chi connectivity index (χ4n) is 1.50. The standard InChI is InChI=1S/C11H12N2O4/c14-10-4-3-9(13(16)17)5-8(10)6-12-11(15)7-1-2-7/h3-5,7,14H,1-2,6H2,(H,12,15). The first-order chi connectivity index (χ1) is 8.08. The number of nitro groups is 1. The molecule has 17 heavy (non-hydrogen) atoms. The minimum Gasteiger partial charge on any atom is -0.508 e. The maximum Gasteiger partial charge on any atom is 0.270 e. The predicted octanol–water partition coefficient (Wildman–Crippen LogP) is 1.33. The van der Waals surface area contributed by atoms with Crippen LogP contribution < -0.4 is 5.32 Å². The van der Waals surface area contributed by atoms with Crippen molar-refractivity contribution < 1.29 is 14.8 Å². The van der Waals surface area contributed by atoms with Crippen molar-refractivity contribution in [2.24, 2.45) is 5.92 Å². The van der Waals surface area contributed by atoms with Crippen molar-refractivity contribution in [1.82, 2.24) is 5.32 Å². The van der Waals surface area contributed by atoms with Crippen LogP contribution in [-0.2, 0) is 11.3 Å². The Balaban J connectivity index is 2.05. The highest BCUT2D eigenvalue weighted by Crippen LogP contribution is 2.29. The summed E-state index contributed by atoms with van der Waals surface area (Å²) in [4.78, 5) is 21.4. The van der Waals surface area contributed by atoms with Crippen LogP contribution in [0.4, 0.5) is 5.69 Å². The number of phenolic OH excluding ortho intramolecular Hbond substituents is 1. The second-order valence-electron chi connectivity index (χ2n) is 4.06. The number of aromatic hydroxyl groups is 1. The zero-order valence-electron chi connectivity index (χ0n) is 9.05. The monoisotopic (exact) mass is 236 g/mol. The van der Waals surface area contributed by atoms with Gasteiger partial charge in [-0.3, -0.25) is 14.9 Å². The van der Waals surface area contributed by atoms with Gasteiger partial charge in [0, 0.05) is 30.2 Å². The summed E-state index contributed by atoms with van der Waals surface area (Å²) < 4.78 is 0. The van der Waals surface area contributed by atoms with E-state index in [1.165, 1.54) is 18.2 Å². The van der Waals surface area contributed by atoms with Crippen LogP contribution in [0.5, 0.6) is 5.75 Å². The van der Waals surface area contributed by atoms with Crippen LogP contribution in [0.25, 0.3) is 0 Å². The SMILES string of the molecule is O=C(NCc1cc([N+](=O)[O-])ccc1O)C1CC1. The van der Waals surface area contributed by atoms with Crippen LogP contribution in [-0.4, -0.2) is 15.9 Å². The average molecular weight is 236 g/mol. The first kappa shape index (κ1) is 11.4. The van der Waals surface area contributed by atoms with Gasteiger partial charge in [0.15, 0.2) is 0 Å². The maximum absolute atomic E-state index is 11.4. The summed E-state index contributed by atoms with van der Waals surface area (Å²) in [5.74, 6) is -0.0292. The van der Waals surface area contributed by atoms with Gasteiger partial charge < -0.3 is 10.4 Å². The Labute approximate surface area is 97.4 Å². The van der Waals surface area contributed by atoms with Crippen molar-refractivity contribution in [2.45, 2.75) is 19.4 Å². The number of hydrogen-bond acceptors (Lipinski definition) is 4. The Morgan fingerprint density at radius 3 is 2.82 bits per heavy atom. The summed E-state index contributed by atoms with van der Waals surface area (Å²) in [6.45, 7) is 0.114. The third-order valence-electron chi connectivity index (χ3n) is 2.68. The van der Waals surface area contributed by atoms with Gasteiger partial charge in [0.1, 0.15) is 5.75 Å². The molecule has 1 aliphatic carbocycles.